The van der Waals surface area contributed by atoms with E-state index in [0.717, 1.165) is 21.3 Å². The molecule has 3 rings (SSSR count). The van der Waals surface area contributed by atoms with Crippen molar-refractivity contribution in [3.8, 4) is 11.6 Å². The van der Waals surface area contributed by atoms with Crippen LogP contribution in [0.4, 0.5) is 5.82 Å². The van der Waals surface area contributed by atoms with Gasteiger partial charge in [-0.25, -0.2) is 4.79 Å². The maximum atomic E-state index is 12.2. The van der Waals surface area contributed by atoms with Crippen molar-refractivity contribution in [3.05, 3.63) is 94.5 Å². The second kappa shape index (κ2) is 11.9. The van der Waals surface area contributed by atoms with Crippen molar-refractivity contribution in [3.63, 3.8) is 0 Å². The molecule has 32 heavy (non-hydrogen) atoms. The molecule has 0 aliphatic heterocycles. The van der Waals surface area contributed by atoms with Gasteiger partial charge in [-0.05, 0) is 42.8 Å². The summed E-state index contributed by atoms with van der Waals surface area (Å²) in [6.45, 7) is 6.83. The number of halogens is 1. The third kappa shape index (κ3) is 6.59. The minimum atomic E-state index is -0.478. The van der Waals surface area contributed by atoms with Crippen molar-refractivity contribution in [2.75, 3.05) is 18.5 Å². The van der Waals surface area contributed by atoms with Crippen LogP contribution in [0.15, 0.2) is 77.8 Å². The van der Waals surface area contributed by atoms with Crippen molar-refractivity contribution < 1.29 is 19.0 Å². The maximum absolute atomic E-state index is 12.2. The first-order valence-electron chi connectivity index (χ1n) is 10.2. The molecule has 0 aliphatic carbocycles. The van der Waals surface area contributed by atoms with Crippen LogP contribution in [0.3, 0.4) is 0 Å². The summed E-state index contributed by atoms with van der Waals surface area (Å²) in [4.78, 5) is 16.6. The quantitative estimate of drug-likeness (QED) is 0.268. The number of carbonyl (C=O) groups excluding carboxylic acids is 1. The topological polar surface area (TPSA) is 69.7 Å². The Kier molecular flexibility index (Phi) is 8.69. The Morgan fingerprint density at radius 3 is 2.69 bits per heavy atom. The predicted octanol–water partition coefficient (Wildman–Crippen LogP) is 5.78. The molecule has 0 saturated heterocycles. The molecule has 0 saturated carbocycles. The Hall–Kier alpha value is -3.32. The fourth-order valence-corrected chi connectivity index (χ4v) is 3.31. The summed E-state index contributed by atoms with van der Waals surface area (Å²) >= 11 is 3.52. The third-order valence-corrected chi connectivity index (χ3v) is 4.91. The molecule has 2 aromatic carbocycles. The van der Waals surface area contributed by atoms with E-state index in [-0.39, 0.29) is 24.7 Å². The first-order chi connectivity index (χ1) is 15.6. The van der Waals surface area contributed by atoms with Crippen LogP contribution in [0, 0.1) is 0 Å². The average molecular weight is 497 g/mol. The summed E-state index contributed by atoms with van der Waals surface area (Å²) < 4.78 is 17.6. The Bertz CT molecular complexity index is 1060. The highest BCUT2D eigenvalue weighted by Crippen LogP contribution is 2.26. The molecule has 1 heterocycles. The van der Waals surface area contributed by atoms with E-state index in [1.807, 2.05) is 48.5 Å². The normalized spacial score (nSPS) is 10.3. The van der Waals surface area contributed by atoms with Gasteiger partial charge < -0.3 is 19.5 Å². The molecule has 3 aromatic rings. The largest absolute Gasteiger partial charge is 0.489 e. The van der Waals surface area contributed by atoms with Gasteiger partial charge >= 0.3 is 5.97 Å². The molecule has 6 nitrogen and oxygen atoms in total. The van der Waals surface area contributed by atoms with Gasteiger partial charge in [-0.1, -0.05) is 58.9 Å². The number of carbonyl (C=O) groups is 1. The molecule has 1 N–H and O–H groups in total. The standard InChI is InChI=1S/C25H25BrN2O4/c1-3-14-31-24-21(25(29)30-4-2)11-13-23(28-24)27-16-19-15-20(26)10-12-22(19)32-17-18-8-6-5-7-9-18/h3,5-13,15H,1,4,14,16-17H2,2H3,(H,27,28). The van der Waals surface area contributed by atoms with Gasteiger partial charge in [-0.15, -0.1) is 0 Å². The zero-order chi connectivity index (χ0) is 22.8. The minimum absolute atomic E-state index is 0.197. The van der Waals surface area contributed by atoms with Crippen LogP contribution in [0.5, 0.6) is 11.6 Å². The smallest absolute Gasteiger partial charge is 0.343 e. The number of rotatable bonds is 11. The number of hydrogen-bond donors (Lipinski definition) is 1. The lowest BCUT2D eigenvalue weighted by molar-refractivity contribution is 0.0521. The molecule has 0 unspecified atom stereocenters. The van der Waals surface area contributed by atoms with Gasteiger partial charge in [0.25, 0.3) is 0 Å². The Morgan fingerprint density at radius 1 is 1.12 bits per heavy atom. The number of nitrogens with one attached hydrogen (secondary N) is 1. The van der Waals surface area contributed by atoms with Crippen molar-refractivity contribution in [1.82, 2.24) is 4.98 Å². The molecule has 0 aliphatic rings. The van der Waals surface area contributed by atoms with Crippen LogP contribution < -0.4 is 14.8 Å². The van der Waals surface area contributed by atoms with E-state index in [1.54, 1.807) is 25.1 Å². The molecule has 1 aromatic heterocycles. The van der Waals surface area contributed by atoms with Gasteiger partial charge in [0.2, 0.25) is 5.88 Å². The summed E-state index contributed by atoms with van der Waals surface area (Å²) in [6, 6.07) is 19.2. The molecule has 0 radical (unpaired) electrons. The lowest BCUT2D eigenvalue weighted by atomic mass is 10.2. The average Bonchev–Trinajstić information content (AvgIpc) is 2.81. The van der Waals surface area contributed by atoms with Gasteiger partial charge in [0.1, 0.15) is 30.3 Å². The molecule has 0 bridgehead atoms. The molecule has 0 fully saturated rings. The second-order valence-electron chi connectivity index (χ2n) is 6.75. The molecule has 166 valence electrons. The van der Waals surface area contributed by atoms with Crippen LogP contribution in [0.2, 0.25) is 0 Å². The van der Waals surface area contributed by atoms with Crippen molar-refractivity contribution >= 4 is 27.7 Å². The summed E-state index contributed by atoms with van der Waals surface area (Å²) in [5, 5.41) is 3.27. The second-order valence-corrected chi connectivity index (χ2v) is 7.66. The molecule has 0 atom stereocenters. The number of esters is 1. The van der Waals surface area contributed by atoms with Crippen molar-refractivity contribution in [2.24, 2.45) is 0 Å². The van der Waals surface area contributed by atoms with Gasteiger partial charge in [0.15, 0.2) is 0 Å². The zero-order valence-electron chi connectivity index (χ0n) is 17.8. The SMILES string of the molecule is C=CCOc1nc(NCc2cc(Br)ccc2OCc2ccccc2)ccc1C(=O)OCC. The number of aromatic nitrogens is 1. The Morgan fingerprint density at radius 2 is 1.94 bits per heavy atom. The highest BCUT2D eigenvalue weighted by atomic mass is 79.9. The molecule has 0 amide bonds. The number of benzene rings is 2. The predicted molar refractivity (Wildman–Crippen MR) is 128 cm³/mol. The number of hydrogen-bond acceptors (Lipinski definition) is 6. The van der Waals surface area contributed by atoms with E-state index in [4.69, 9.17) is 14.2 Å². The number of ether oxygens (including phenoxy) is 3. The fourth-order valence-electron chi connectivity index (χ4n) is 2.90. The van der Waals surface area contributed by atoms with Gasteiger partial charge in [-0.3, -0.25) is 0 Å². The van der Waals surface area contributed by atoms with Crippen LogP contribution in [0.25, 0.3) is 0 Å². The molecule has 0 spiro atoms. The highest BCUT2D eigenvalue weighted by Gasteiger charge is 2.16. The fraction of sp³-hybridized carbons (Fsp3) is 0.200. The van der Waals surface area contributed by atoms with Gasteiger partial charge in [0.05, 0.1) is 6.61 Å². The summed E-state index contributed by atoms with van der Waals surface area (Å²) in [6.07, 6.45) is 1.59. The van der Waals surface area contributed by atoms with Crippen molar-refractivity contribution in [1.29, 1.82) is 0 Å². The van der Waals surface area contributed by atoms with Crippen LogP contribution in [0.1, 0.15) is 28.4 Å². The van der Waals surface area contributed by atoms with Crippen molar-refractivity contribution in [2.45, 2.75) is 20.1 Å². The first kappa shape index (κ1) is 23.3. The van der Waals surface area contributed by atoms with E-state index in [9.17, 15) is 4.79 Å². The number of nitrogens with zero attached hydrogens (tertiary/aromatic N) is 1. The monoisotopic (exact) mass is 496 g/mol. The molecule has 7 heteroatoms. The molecular formula is C25H25BrN2O4. The first-order valence-corrected chi connectivity index (χ1v) is 11.0. The van der Waals surface area contributed by atoms with E-state index in [0.29, 0.717) is 19.0 Å². The maximum Gasteiger partial charge on any atom is 0.343 e. The summed E-state index contributed by atoms with van der Waals surface area (Å²) in [5.74, 6) is 1.05. The third-order valence-electron chi connectivity index (χ3n) is 4.41. The summed E-state index contributed by atoms with van der Waals surface area (Å²) in [5.41, 5.74) is 2.32. The Balaban J connectivity index is 1.74. The lowest BCUT2D eigenvalue weighted by Crippen LogP contribution is -2.11. The van der Waals surface area contributed by atoms with E-state index < -0.39 is 5.97 Å². The minimum Gasteiger partial charge on any atom is -0.489 e. The Labute approximate surface area is 196 Å². The van der Waals surface area contributed by atoms with Gasteiger partial charge in [-0.2, -0.15) is 4.98 Å². The highest BCUT2D eigenvalue weighted by molar-refractivity contribution is 9.10. The zero-order valence-corrected chi connectivity index (χ0v) is 19.4. The summed E-state index contributed by atoms with van der Waals surface area (Å²) in [7, 11) is 0. The van der Waals surface area contributed by atoms with E-state index in [2.05, 4.69) is 32.8 Å². The van der Waals surface area contributed by atoms with Crippen LogP contribution >= 0.6 is 15.9 Å². The number of anilines is 1. The van der Waals surface area contributed by atoms with E-state index >= 15 is 0 Å². The molecular weight excluding hydrogens is 472 g/mol. The van der Waals surface area contributed by atoms with Gasteiger partial charge in [0, 0.05) is 16.6 Å². The van der Waals surface area contributed by atoms with Crippen LogP contribution in [-0.2, 0) is 17.9 Å². The van der Waals surface area contributed by atoms with E-state index in [1.165, 1.54) is 0 Å². The van der Waals surface area contributed by atoms with Crippen LogP contribution in [-0.4, -0.2) is 24.2 Å². The number of pyridine rings is 1. The lowest BCUT2D eigenvalue weighted by Gasteiger charge is -2.14.